The summed E-state index contributed by atoms with van der Waals surface area (Å²) < 4.78 is 5.39. The fourth-order valence-corrected chi connectivity index (χ4v) is 6.33. The number of carbonyl (C=O) groups is 1. The second-order valence-electron chi connectivity index (χ2n) is 8.88. The van der Waals surface area contributed by atoms with Gasteiger partial charge in [-0.25, -0.2) is 0 Å². The lowest BCUT2D eigenvalue weighted by Crippen LogP contribution is -2.55. The Kier molecular flexibility index (Phi) is 4.51. The fourth-order valence-electron chi connectivity index (χ4n) is 6.33. The number of carbonyl (C=O) groups excluding carboxylic acids is 1. The summed E-state index contributed by atoms with van der Waals surface area (Å²) in [6.07, 6.45) is 9.66. The van der Waals surface area contributed by atoms with Crippen molar-refractivity contribution in [3.8, 4) is 5.75 Å². The molecule has 4 saturated carbocycles. The van der Waals surface area contributed by atoms with Crippen LogP contribution in [0.15, 0.2) is 24.3 Å². The van der Waals surface area contributed by atoms with Crippen molar-refractivity contribution in [2.45, 2.75) is 64.3 Å². The van der Waals surface area contributed by atoms with Crippen LogP contribution in [0.2, 0.25) is 0 Å². The molecule has 25 heavy (non-hydrogen) atoms. The topological polar surface area (TPSA) is 38.3 Å². The second kappa shape index (κ2) is 6.66. The normalized spacial score (nSPS) is 33.9. The molecule has 4 aliphatic rings. The second-order valence-corrected chi connectivity index (χ2v) is 8.88. The highest BCUT2D eigenvalue weighted by Gasteiger charge is 2.53. The first kappa shape index (κ1) is 16.9. The molecule has 0 spiro atoms. The van der Waals surface area contributed by atoms with Crippen LogP contribution in [0, 0.1) is 23.2 Å². The van der Waals surface area contributed by atoms with E-state index < -0.39 is 0 Å². The molecule has 1 N–H and O–H groups in total. The molecule has 3 nitrogen and oxygen atoms in total. The van der Waals surface area contributed by atoms with Gasteiger partial charge in [0.05, 0.1) is 7.11 Å². The number of ether oxygens (including phenoxy) is 1. The summed E-state index contributed by atoms with van der Waals surface area (Å²) in [6.45, 7) is 2.26. The van der Waals surface area contributed by atoms with Gasteiger partial charge in [-0.05, 0) is 86.7 Å². The molecule has 1 aromatic carbocycles. The number of aryl methyl sites for hydroxylation is 1. The summed E-state index contributed by atoms with van der Waals surface area (Å²) in [6, 6.07) is 8.30. The molecule has 5 rings (SSSR count). The van der Waals surface area contributed by atoms with Crippen LogP contribution in [0.25, 0.3) is 0 Å². The smallest absolute Gasteiger partial charge is 0.220 e. The molecule has 0 saturated heterocycles. The van der Waals surface area contributed by atoms with E-state index in [1.807, 2.05) is 18.2 Å². The van der Waals surface area contributed by atoms with E-state index in [0.717, 1.165) is 35.5 Å². The van der Waals surface area contributed by atoms with Crippen molar-refractivity contribution in [1.82, 2.24) is 5.32 Å². The van der Waals surface area contributed by atoms with Crippen molar-refractivity contribution in [2.24, 2.45) is 23.2 Å². The third kappa shape index (κ3) is 3.30. The van der Waals surface area contributed by atoms with Crippen LogP contribution in [-0.2, 0) is 11.2 Å². The Morgan fingerprint density at radius 3 is 2.36 bits per heavy atom. The van der Waals surface area contributed by atoms with Gasteiger partial charge in [-0.1, -0.05) is 18.2 Å². The Bertz CT molecular complexity index is 603. The summed E-state index contributed by atoms with van der Waals surface area (Å²) in [7, 11) is 1.69. The third-order valence-electron chi connectivity index (χ3n) is 7.20. The Labute approximate surface area is 151 Å². The van der Waals surface area contributed by atoms with Crippen molar-refractivity contribution < 1.29 is 9.53 Å². The van der Waals surface area contributed by atoms with Gasteiger partial charge in [0.1, 0.15) is 5.75 Å². The number of amides is 1. The van der Waals surface area contributed by atoms with Gasteiger partial charge in [-0.3, -0.25) is 4.79 Å². The average molecular weight is 341 g/mol. The first-order chi connectivity index (χ1) is 12.1. The Morgan fingerprint density at radius 1 is 1.16 bits per heavy atom. The van der Waals surface area contributed by atoms with Gasteiger partial charge in [0, 0.05) is 12.5 Å². The number of rotatable bonds is 6. The zero-order chi connectivity index (χ0) is 17.4. The molecule has 0 unspecified atom stereocenters. The molecule has 136 valence electrons. The van der Waals surface area contributed by atoms with Gasteiger partial charge < -0.3 is 10.1 Å². The minimum absolute atomic E-state index is 0.189. The monoisotopic (exact) mass is 341 g/mol. The molecule has 1 aromatic rings. The lowest BCUT2D eigenvalue weighted by atomic mass is 9.48. The van der Waals surface area contributed by atoms with Crippen LogP contribution in [-0.4, -0.2) is 19.1 Å². The van der Waals surface area contributed by atoms with Crippen molar-refractivity contribution in [1.29, 1.82) is 0 Å². The zero-order valence-corrected chi connectivity index (χ0v) is 15.6. The standard InChI is InChI=1S/C22H31NO2/c1-15(22-12-16-9-17(13-22)11-18(10-16)14-22)23-21(24)8-7-19-5-3-4-6-20(19)25-2/h3-6,15-18H,7-14H2,1-2H3,(H,23,24)/t15-,16?,17?,18?,22?/m0/s1. The minimum atomic E-state index is 0.189. The molecule has 0 heterocycles. The van der Waals surface area contributed by atoms with Crippen LogP contribution >= 0.6 is 0 Å². The maximum absolute atomic E-state index is 12.6. The molecule has 4 fully saturated rings. The number of para-hydroxylation sites is 1. The molecule has 0 aromatic heterocycles. The van der Waals surface area contributed by atoms with Crippen molar-refractivity contribution in [3.05, 3.63) is 29.8 Å². The predicted molar refractivity (Wildman–Crippen MR) is 99.5 cm³/mol. The summed E-state index contributed by atoms with van der Waals surface area (Å²) >= 11 is 0. The predicted octanol–water partition coefficient (Wildman–Crippen LogP) is 4.35. The summed E-state index contributed by atoms with van der Waals surface area (Å²) in [4.78, 5) is 12.6. The molecule has 1 amide bonds. The van der Waals surface area contributed by atoms with Gasteiger partial charge in [-0.2, -0.15) is 0 Å². The minimum Gasteiger partial charge on any atom is -0.496 e. The van der Waals surface area contributed by atoms with Gasteiger partial charge >= 0.3 is 0 Å². The van der Waals surface area contributed by atoms with E-state index in [9.17, 15) is 4.79 Å². The molecular formula is C22H31NO2. The Morgan fingerprint density at radius 2 is 1.76 bits per heavy atom. The first-order valence-corrected chi connectivity index (χ1v) is 9.99. The number of hydrogen-bond donors (Lipinski definition) is 1. The van der Waals surface area contributed by atoms with Crippen LogP contribution in [0.3, 0.4) is 0 Å². The average Bonchev–Trinajstić information content (AvgIpc) is 2.59. The molecule has 1 atom stereocenters. The SMILES string of the molecule is COc1ccccc1CCC(=O)N[C@@H](C)C12CC3CC(CC(C3)C1)C2. The van der Waals surface area contributed by atoms with Crippen LogP contribution < -0.4 is 10.1 Å². The molecule has 0 aliphatic heterocycles. The third-order valence-corrected chi connectivity index (χ3v) is 7.20. The van der Waals surface area contributed by atoms with E-state index in [2.05, 4.69) is 18.3 Å². The highest BCUT2D eigenvalue weighted by Crippen LogP contribution is 2.61. The van der Waals surface area contributed by atoms with Crippen molar-refractivity contribution in [2.75, 3.05) is 7.11 Å². The van der Waals surface area contributed by atoms with Gasteiger partial charge in [0.25, 0.3) is 0 Å². The van der Waals surface area contributed by atoms with Gasteiger partial charge in [0.15, 0.2) is 0 Å². The Balaban J connectivity index is 1.35. The lowest BCUT2D eigenvalue weighted by Gasteiger charge is -2.59. The first-order valence-electron chi connectivity index (χ1n) is 9.99. The molecular weight excluding hydrogens is 310 g/mol. The molecule has 4 bridgehead atoms. The van der Waals surface area contributed by atoms with E-state index in [1.54, 1.807) is 7.11 Å². The van der Waals surface area contributed by atoms with E-state index in [1.165, 1.54) is 38.5 Å². The van der Waals surface area contributed by atoms with Crippen LogP contribution in [0.5, 0.6) is 5.75 Å². The highest BCUT2D eigenvalue weighted by atomic mass is 16.5. The van der Waals surface area contributed by atoms with Crippen molar-refractivity contribution >= 4 is 5.91 Å². The summed E-state index contributed by atoms with van der Waals surface area (Å²) in [5, 5.41) is 3.36. The number of benzene rings is 1. The molecule has 0 radical (unpaired) electrons. The van der Waals surface area contributed by atoms with E-state index in [0.29, 0.717) is 17.9 Å². The zero-order valence-electron chi connectivity index (χ0n) is 15.6. The highest BCUT2D eigenvalue weighted by molar-refractivity contribution is 5.76. The van der Waals surface area contributed by atoms with Crippen LogP contribution in [0.1, 0.15) is 57.4 Å². The van der Waals surface area contributed by atoms with Gasteiger partial charge in [0.2, 0.25) is 5.91 Å². The van der Waals surface area contributed by atoms with Gasteiger partial charge in [-0.15, -0.1) is 0 Å². The van der Waals surface area contributed by atoms with E-state index in [4.69, 9.17) is 4.74 Å². The van der Waals surface area contributed by atoms with E-state index in [-0.39, 0.29) is 5.91 Å². The fraction of sp³-hybridized carbons (Fsp3) is 0.682. The maximum atomic E-state index is 12.6. The number of methoxy groups -OCH3 is 1. The molecule has 3 heteroatoms. The van der Waals surface area contributed by atoms with E-state index >= 15 is 0 Å². The number of hydrogen-bond acceptors (Lipinski definition) is 2. The number of nitrogens with one attached hydrogen (secondary N) is 1. The quantitative estimate of drug-likeness (QED) is 0.835. The maximum Gasteiger partial charge on any atom is 0.220 e. The van der Waals surface area contributed by atoms with Crippen molar-refractivity contribution in [3.63, 3.8) is 0 Å². The summed E-state index contributed by atoms with van der Waals surface area (Å²) in [5.41, 5.74) is 1.50. The lowest BCUT2D eigenvalue weighted by molar-refractivity contribution is -0.125. The Hall–Kier alpha value is -1.51. The molecule has 4 aliphatic carbocycles. The summed E-state index contributed by atoms with van der Waals surface area (Å²) in [5.74, 6) is 3.86. The largest absolute Gasteiger partial charge is 0.496 e. The van der Waals surface area contributed by atoms with Crippen LogP contribution in [0.4, 0.5) is 0 Å².